The van der Waals surface area contributed by atoms with Crippen LogP contribution in [0.1, 0.15) is 44.2 Å². The molecule has 0 amide bonds. The fraction of sp³-hybridized carbons (Fsp3) is 0.625. The Morgan fingerprint density at radius 2 is 2.00 bits per heavy atom. The van der Waals surface area contributed by atoms with Crippen molar-refractivity contribution in [2.45, 2.75) is 57.5 Å². The zero-order valence-electron chi connectivity index (χ0n) is 13.2. The Bertz CT molecular complexity index is 580. The standard InChI is InChI=1S/C16H26N2O2S/c1-4-11-18(15-9-10-15)21(19,20)16-8-6-7-14(13(16)3)12-17-5-2/h6-8,15,17H,4-5,9-12H2,1-3H3. The first-order valence-corrected chi connectivity index (χ1v) is 9.27. The maximum Gasteiger partial charge on any atom is 0.243 e. The molecule has 1 aromatic carbocycles. The maximum atomic E-state index is 13.0. The fourth-order valence-electron chi connectivity index (χ4n) is 2.60. The van der Waals surface area contributed by atoms with Crippen LogP contribution in [0.25, 0.3) is 0 Å². The minimum Gasteiger partial charge on any atom is -0.313 e. The van der Waals surface area contributed by atoms with Gasteiger partial charge in [0.25, 0.3) is 0 Å². The van der Waals surface area contributed by atoms with E-state index in [1.807, 2.05) is 32.9 Å². The number of nitrogens with zero attached hydrogens (tertiary/aromatic N) is 1. The van der Waals surface area contributed by atoms with E-state index in [1.165, 1.54) is 0 Å². The van der Waals surface area contributed by atoms with Gasteiger partial charge in [0, 0.05) is 19.1 Å². The van der Waals surface area contributed by atoms with Gasteiger partial charge >= 0.3 is 0 Å². The highest BCUT2D eigenvalue weighted by atomic mass is 32.2. The summed E-state index contributed by atoms with van der Waals surface area (Å²) in [4.78, 5) is 0.471. The topological polar surface area (TPSA) is 49.4 Å². The van der Waals surface area contributed by atoms with Crippen LogP contribution < -0.4 is 5.32 Å². The molecule has 0 atom stereocenters. The van der Waals surface area contributed by atoms with Gasteiger partial charge in [-0.25, -0.2) is 8.42 Å². The molecule has 1 aliphatic rings. The monoisotopic (exact) mass is 310 g/mol. The molecule has 1 fully saturated rings. The number of hydrogen-bond donors (Lipinski definition) is 1. The lowest BCUT2D eigenvalue weighted by Gasteiger charge is -2.23. The van der Waals surface area contributed by atoms with Crippen molar-refractivity contribution in [2.75, 3.05) is 13.1 Å². The van der Waals surface area contributed by atoms with E-state index in [9.17, 15) is 8.42 Å². The second kappa shape index (κ2) is 6.90. The molecule has 1 N–H and O–H groups in total. The van der Waals surface area contributed by atoms with Crippen molar-refractivity contribution in [3.05, 3.63) is 29.3 Å². The molecule has 118 valence electrons. The summed E-state index contributed by atoms with van der Waals surface area (Å²) in [5.74, 6) is 0. The largest absolute Gasteiger partial charge is 0.313 e. The van der Waals surface area contributed by atoms with Crippen molar-refractivity contribution < 1.29 is 8.42 Å². The molecule has 0 heterocycles. The molecule has 0 spiro atoms. The average Bonchev–Trinajstić information content (AvgIpc) is 3.27. The minimum atomic E-state index is -3.37. The Labute approximate surface area is 128 Å². The molecule has 0 aliphatic heterocycles. The molecule has 0 saturated heterocycles. The quantitative estimate of drug-likeness (QED) is 0.803. The molecule has 1 saturated carbocycles. The van der Waals surface area contributed by atoms with Gasteiger partial charge in [0.2, 0.25) is 10.0 Å². The van der Waals surface area contributed by atoms with E-state index in [4.69, 9.17) is 0 Å². The second-order valence-corrected chi connectivity index (χ2v) is 7.53. The van der Waals surface area contributed by atoms with Gasteiger partial charge in [-0.05, 0) is 49.9 Å². The van der Waals surface area contributed by atoms with Crippen LogP contribution in [0.15, 0.2) is 23.1 Å². The Kier molecular flexibility index (Phi) is 5.41. The van der Waals surface area contributed by atoms with Gasteiger partial charge in [0.1, 0.15) is 0 Å². The maximum absolute atomic E-state index is 13.0. The Morgan fingerprint density at radius 3 is 2.57 bits per heavy atom. The van der Waals surface area contributed by atoms with E-state index >= 15 is 0 Å². The van der Waals surface area contributed by atoms with Gasteiger partial charge in [-0.2, -0.15) is 4.31 Å². The molecule has 0 aromatic heterocycles. The van der Waals surface area contributed by atoms with Crippen LogP contribution in [0.5, 0.6) is 0 Å². The van der Waals surface area contributed by atoms with Crippen LogP contribution in [0.2, 0.25) is 0 Å². The predicted molar refractivity (Wildman–Crippen MR) is 85.8 cm³/mol. The summed E-state index contributed by atoms with van der Waals surface area (Å²) < 4.78 is 27.6. The molecule has 1 aliphatic carbocycles. The molecule has 2 rings (SSSR count). The van der Waals surface area contributed by atoms with E-state index in [-0.39, 0.29) is 6.04 Å². The lowest BCUT2D eigenvalue weighted by Crippen LogP contribution is -2.34. The van der Waals surface area contributed by atoms with Gasteiger partial charge < -0.3 is 5.32 Å². The summed E-state index contributed by atoms with van der Waals surface area (Å²) in [5, 5.41) is 3.27. The van der Waals surface area contributed by atoms with Gasteiger partial charge in [-0.1, -0.05) is 26.0 Å². The Hall–Kier alpha value is -0.910. The second-order valence-electron chi connectivity index (χ2n) is 5.67. The SMILES string of the molecule is CCCN(C1CC1)S(=O)(=O)c1cccc(CNCC)c1C. The van der Waals surface area contributed by atoms with Crippen LogP contribution in [0.3, 0.4) is 0 Å². The number of sulfonamides is 1. The molecule has 1 aromatic rings. The zero-order chi connectivity index (χ0) is 15.5. The first-order valence-electron chi connectivity index (χ1n) is 7.83. The van der Waals surface area contributed by atoms with E-state index in [0.29, 0.717) is 18.0 Å². The summed E-state index contributed by atoms with van der Waals surface area (Å²) in [6, 6.07) is 5.80. The van der Waals surface area contributed by atoms with Crippen molar-refractivity contribution in [3.63, 3.8) is 0 Å². The van der Waals surface area contributed by atoms with Crippen molar-refractivity contribution in [3.8, 4) is 0 Å². The Balaban J connectivity index is 2.34. The number of benzene rings is 1. The molecule has 5 heteroatoms. The minimum absolute atomic E-state index is 0.215. The normalized spacial score (nSPS) is 15.6. The lowest BCUT2D eigenvalue weighted by atomic mass is 10.1. The highest BCUT2D eigenvalue weighted by molar-refractivity contribution is 7.89. The van der Waals surface area contributed by atoms with E-state index in [0.717, 1.165) is 36.9 Å². The van der Waals surface area contributed by atoms with Crippen LogP contribution in [0.4, 0.5) is 0 Å². The predicted octanol–water partition coefficient (Wildman–Crippen LogP) is 2.67. The average molecular weight is 310 g/mol. The van der Waals surface area contributed by atoms with Crippen LogP contribution >= 0.6 is 0 Å². The summed E-state index contributed by atoms with van der Waals surface area (Å²) in [6.45, 7) is 8.19. The first-order chi connectivity index (χ1) is 10.0. The summed E-state index contributed by atoms with van der Waals surface area (Å²) >= 11 is 0. The van der Waals surface area contributed by atoms with Crippen molar-refractivity contribution >= 4 is 10.0 Å². The molecular formula is C16H26N2O2S. The third kappa shape index (κ3) is 3.65. The van der Waals surface area contributed by atoms with Crippen LogP contribution in [-0.2, 0) is 16.6 Å². The lowest BCUT2D eigenvalue weighted by molar-refractivity contribution is 0.403. The summed E-state index contributed by atoms with van der Waals surface area (Å²) in [5.41, 5.74) is 1.94. The molecule has 0 radical (unpaired) electrons. The van der Waals surface area contributed by atoms with E-state index < -0.39 is 10.0 Å². The smallest absolute Gasteiger partial charge is 0.243 e. The third-order valence-corrected chi connectivity index (χ3v) is 6.04. The summed E-state index contributed by atoms with van der Waals surface area (Å²) in [7, 11) is -3.37. The molecule has 4 nitrogen and oxygen atoms in total. The zero-order valence-corrected chi connectivity index (χ0v) is 14.0. The molecule has 0 unspecified atom stereocenters. The van der Waals surface area contributed by atoms with Crippen LogP contribution in [0, 0.1) is 6.92 Å². The van der Waals surface area contributed by atoms with Crippen molar-refractivity contribution in [2.24, 2.45) is 0 Å². The molecule has 21 heavy (non-hydrogen) atoms. The van der Waals surface area contributed by atoms with Gasteiger partial charge in [-0.3, -0.25) is 0 Å². The van der Waals surface area contributed by atoms with Crippen molar-refractivity contribution in [1.29, 1.82) is 0 Å². The highest BCUT2D eigenvalue weighted by Gasteiger charge is 2.38. The van der Waals surface area contributed by atoms with E-state index in [1.54, 1.807) is 10.4 Å². The fourth-order valence-corrected chi connectivity index (χ4v) is 4.65. The van der Waals surface area contributed by atoms with Gasteiger partial charge in [-0.15, -0.1) is 0 Å². The van der Waals surface area contributed by atoms with E-state index in [2.05, 4.69) is 5.32 Å². The van der Waals surface area contributed by atoms with Crippen molar-refractivity contribution in [1.82, 2.24) is 9.62 Å². The summed E-state index contributed by atoms with van der Waals surface area (Å²) in [6.07, 6.45) is 2.84. The molecular weight excluding hydrogens is 284 g/mol. The van der Waals surface area contributed by atoms with Crippen LogP contribution in [-0.4, -0.2) is 31.9 Å². The molecule has 0 bridgehead atoms. The van der Waals surface area contributed by atoms with Gasteiger partial charge in [0.15, 0.2) is 0 Å². The number of nitrogens with one attached hydrogen (secondary N) is 1. The number of hydrogen-bond acceptors (Lipinski definition) is 3. The highest BCUT2D eigenvalue weighted by Crippen LogP contribution is 2.33. The first kappa shape index (κ1) is 16.5. The van der Waals surface area contributed by atoms with Gasteiger partial charge in [0.05, 0.1) is 4.90 Å². The Morgan fingerprint density at radius 1 is 1.29 bits per heavy atom. The third-order valence-electron chi connectivity index (χ3n) is 3.95. The number of rotatable bonds is 8.